The first-order valence-electron chi connectivity index (χ1n) is 6.49. The Balaban J connectivity index is 2.05. The topological polar surface area (TPSA) is 64.9 Å². The fourth-order valence-corrected chi connectivity index (χ4v) is 1.67. The van der Waals surface area contributed by atoms with Crippen molar-refractivity contribution in [2.75, 3.05) is 10.6 Å². The predicted molar refractivity (Wildman–Crippen MR) is 83.6 cm³/mol. The third-order valence-electron chi connectivity index (χ3n) is 2.83. The Labute approximate surface area is 123 Å². The average Bonchev–Trinajstić information content (AvgIpc) is 2.51. The van der Waals surface area contributed by atoms with Crippen molar-refractivity contribution in [1.29, 1.82) is 5.26 Å². The maximum Gasteiger partial charge on any atom is 0.267 e. The van der Waals surface area contributed by atoms with Crippen LogP contribution in [-0.4, -0.2) is 5.91 Å². The highest BCUT2D eigenvalue weighted by molar-refractivity contribution is 6.06. The van der Waals surface area contributed by atoms with Crippen LogP contribution >= 0.6 is 0 Å². The van der Waals surface area contributed by atoms with Gasteiger partial charge in [-0.15, -0.1) is 0 Å². The summed E-state index contributed by atoms with van der Waals surface area (Å²) in [7, 11) is 0. The second-order valence-corrected chi connectivity index (χ2v) is 4.50. The number of hydrogen-bond donors (Lipinski definition) is 2. The Morgan fingerprint density at radius 2 is 1.71 bits per heavy atom. The van der Waals surface area contributed by atoms with E-state index in [4.69, 9.17) is 5.26 Å². The van der Waals surface area contributed by atoms with Gasteiger partial charge < -0.3 is 10.6 Å². The number of para-hydroxylation sites is 1. The van der Waals surface area contributed by atoms with Gasteiger partial charge in [0.25, 0.3) is 5.91 Å². The van der Waals surface area contributed by atoms with Crippen molar-refractivity contribution < 1.29 is 4.79 Å². The maximum absolute atomic E-state index is 12.0. The van der Waals surface area contributed by atoms with Crippen molar-refractivity contribution >= 4 is 17.3 Å². The van der Waals surface area contributed by atoms with E-state index in [-0.39, 0.29) is 5.57 Å². The summed E-state index contributed by atoms with van der Waals surface area (Å²) in [6.45, 7) is 1.97. The second kappa shape index (κ2) is 6.92. The van der Waals surface area contributed by atoms with Crippen LogP contribution in [0, 0.1) is 18.3 Å². The van der Waals surface area contributed by atoms with Crippen LogP contribution in [0.5, 0.6) is 0 Å². The maximum atomic E-state index is 12.0. The van der Waals surface area contributed by atoms with Crippen LogP contribution in [-0.2, 0) is 4.79 Å². The first-order chi connectivity index (χ1) is 10.2. The van der Waals surface area contributed by atoms with Crippen LogP contribution in [0.1, 0.15) is 5.56 Å². The number of amides is 1. The molecule has 2 N–H and O–H groups in total. The van der Waals surface area contributed by atoms with Gasteiger partial charge in [-0.05, 0) is 31.2 Å². The molecule has 0 fully saturated rings. The van der Waals surface area contributed by atoms with Gasteiger partial charge in [-0.2, -0.15) is 5.26 Å². The zero-order valence-electron chi connectivity index (χ0n) is 11.6. The molecule has 104 valence electrons. The summed E-state index contributed by atoms with van der Waals surface area (Å²) in [5, 5.41) is 14.7. The van der Waals surface area contributed by atoms with E-state index in [0.717, 1.165) is 11.3 Å². The number of rotatable bonds is 4. The molecule has 2 aromatic carbocycles. The number of hydrogen-bond acceptors (Lipinski definition) is 3. The predicted octanol–water partition coefficient (Wildman–Crippen LogP) is 3.45. The van der Waals surface area contributed by atoms with Crippen LogP contribution in [0.2, 0.25) is 0 Å². The van der Waals surface area contributed by atoms with Gasteiger partial charge in [-0.25, -0.2) is 0 Å². The number of benzene rings is 2. The smallest absolute Gasteiger partial charge is 0.267 e. The Hall–Kier alpha value is -3.06. The van der Waals surface area contributed by atoms with Crippen LogP contribution in [0.15, 0.2) is 66.4 Å². The highest BCUT2D eigenvalue weighted by Gasteiger charge is 2.08. The zero-order valence-corrected chi connectivity index (χ0v) is 11.6. The highest BCUT2D eigenvalue weighted by atomic mass is 16.1. The lowest BCUT2D eigenvalue weighted by atomic mass is 10.2. The fourth-order valence-electron chi connectivity index (χ4n) is 1.67. The van der Waals surface area contributed by atoms with E-state index in [9.17, 15) is 4.79 Å². The molecule has 0 radical (unpaired) electrons. The minimum absolute atomic E-state index is 0.0134. The molecule has 2 rings (SSSR count). The Morgan fingerprint density at radius 3 is 2.33 bits per heavy atom. The number of anilines is 2. The van der Waals surface area contributed by atoms with Crippen molar-refractivity contribution in [2.45, 2.75) is 6.92 Å². The summed E-state index contributed by atoms with van der Waals surface area (Å²) in [5.74, 6) is -0.440. The Kier molecular flexibility index (Phi) is 4.73. The van der Waals surface area contributed by atoms with E-state index in [1.807, 2.05) is 55.5 Å². The Morgan fingerprint density at radius 1 is 1.05 bits per heavy atom. The van der Waals surface area contributed by atoms with Gasteiger partial charge in [0.05, 0.1) is 0 Å². The van der Waals surface area contributed by atoms with Gasteiger partial charge in [0.15, 0.2) is 0 Å². The molecule has 4 nitrogen and oxygen atoms in total. The van der Waals surface area contributed by atoms with Gasteiger partial charge in [-0.3, -0.25) is 4.79 Å². The van der Waals surface area contributed by atoms with Gasteiger partial charge in [0, 0.05) is 17.6 Å². The molecule has 4 heteroatoms. The lowest BCUT2D eigenvalue weighted by Crippen LogP contribution is -2.14. The molecule has 2 aromatic rings. The lowest BCUT2D eigenvalue weighted by Gasteiger charge is -2.05. The van der Waals surface area contributed by atoms with Gasteiger partial charge in [0.1, 0.15) is 11.6 Å². The first-order valence-corrected chi connectivity index (χ1v) is 6.49. The molecule has 0 spiro atoms. The van der Waals surface area contributed by atoms with Crippen LogP contribution < -0.4 is 10.6 Å². The number of nitriles is 1. The van der Waals surface area contributed by atoms with Crippen LogP contribution in [0.3, 0.4) is 0 Å². The molecule has 21 heavy (non-hydrogen) atoms. The van der Waals surface area contributed by atoms with Crippen molar-refractivity contribution in [2.24, 2.45) is 0 Å². The molecule has 0 aromatic heterocycles. The van der Waals surface area contributed by atoms with Gasteiger partial charge in [-0.1, -0.05) is 35.9 Å². The standard InChI is InChI=1S/C17H15N3O/c1-13-7-9-16(10-8-13)20-17(21)14(11-18)12-19-15-5-3-2-4-6-15/h2-10,12,19H,1H3,(H,20,21)/b14-12-. The number of nitrogens with zero attached hydrogens (tertiary/aromatic N) is 1. The number of aryl methyl sites for hydroxylation is 1. The van der Waals surface area contributed by atoms with Crippen molar-refractivity contribution in [3.63, 3.8) is 0 Å². The molecule has 0 saturated carbocycles. The summed E-state index contributed by atoms with van der Waals surface area (Å²) in [6, 6.07) is 18.6. The number of carbonyl (C=O) groups is 1. The third kappa shape index (κ3) is 4.22. The van der Waals surface area contributed by atoms with E-state index in [1.54, 1.807) is 12.1 Å². The molecule has 0 aliphatic rings. The van der Waals surface area contributed by atoms with Gasteiger partial charge in [0.2, 0.25) is 0 Å². The van der Waals surface area contributed by atoms with Crippen molar-refractivity contribution in [3.8, 4) is 6.07 Å². The van der Waals surface area contributed by atoms with E-state index in [1.165, 1.54) is 6.20 Å². The summed E-state index contributed by atoms with van der Waals surface area (Å²) in [4.78, 5) is 12.0. The van der Waals surface area contributed by atoms with Gasteiger partial charge >= 0.3 is 0 Å². The van der Waals surface area contributed by atoms with E-state index in [2.05, 4.69) is 10.6 Å². The average molecular weight is 277 g/mol. The monoisotopic (exact) mass is 277 g/mol. The minimum atomic E-state index is -0.440. The molecule has 0 atom stereocenters. The normalized spacial score (nSPS) is 10.6. The van der Waals surface area contributed by atoms with Crippen molar-refractivity contribution in [3.05, 3.63) is 71.9 Å². The molecule has 0 aliphatic heterocycles. The quantitative estimate of drug-likeness (QED) is 0.664. The first kappa shape index (κ1) is 14.4. The second-order valence-electron chi connectivity index (χ2n) is 4.50. The molecular weight excluding hydrogens is 262 g/mol. The Bertz CT molecular complexity index is 682. The third-order valence-corrected chi connectivity index (χ3v) is 2.83. The van der Waals surface area contributed by atoms with E-state index < -0.39 is 5.91 Å². The summed E-state index contributed by atoms with van der Waals surface area (Å²) >= 11 is 0. The number of carbonyl (C=O) groups excluding carboxylic acids is 1. The van der Waals surface area contributed by atoms with E-state index in [0.29, 0.717) is 5.69 Å². The van der Waals surface area contributed by atoms with Crippen LogP contribution in [0.4, 0.5) is 11.4 Å². The molecule has 1 amide bonds. The zero-order chi connectivity index (χ0) is 15.1. The summed E-state index contributed by atoms with van der Waals surface area (Å²) in [5.41, 5.74) is 2.59. The summed E-state index contributed by atoms with van der Waals surface area (Å²) < 4.78 is 0. The molecule has 0 saturated heterocycles. The SMILES string of the molecule is Cc1ccc(NC(=O)/C(C#N)=C\Nc2ccccc2)cc1. The number of nitrogens with one attached hydrogen (secondary N) is 2. The summed E-state index contributed by atoms with van der Waals surface area (Å²) in [6.07, 6.45) is 1.40. The molecule has 0 bridgehead atoms. The molecule has 0 aliphatic carbocycles. The lowest BCUT2D eigenvalue weighted by molar-refractivity contribution is -0.112. The van der Waals surface area contributed by atoms with Crippen molar-refractivity contribution in [1.82, 2.24) is 0 Å². The molecular formula is C17H15N3O. The minimum Gasteiger partial charge on any atom is -0.360 e. The highest BCUT2D eigenvalue weighted by Crippen LogP contribution is 2.11. The molecule has 0 unspecified atom stereocenters. The van der Waals surface area contributed by atoms with Crippen LogP contribution in [0.25, 0.3) is 0 Å². The fraction of sp³-hybridized carbons (Fsp3) is 0.0588. The largest absolute Gasteiger partial charge is 0.360 e. The van der Waals surface area contributed by atoms with E-state index >= 15 is 0 Å². The molecule has 0 heterocycles.